The van der Waals surface area contributed by atoms with E-state index in [0.717, 1.165) is 29.7 Å². The Morgan fingerprint density at radius 2 is 2.00 bits per heavy atom. The van der Waals surface area contributed by atoms with Gasteiger partial charge in [0.2, 0.25) is 0 Å². The lowest BCUT2D eigenvalue weighted by Gasteiger charge is -2.18. The minimum atomic E-state index is -1.11. The number of anilines is 1. The van der Waals surface area contributed by atoms with Crippen LogP contribution in [0.15, 0.2) is 29.1 Å². The lowest BCUT2D eigenvalue weighted by molar-refractivity contribution is -0.152. The van der Waals surface area contributed by atoms with Crippen molar-refractivity contribution < 1.29 is 23.9 Å². The molecule has 184 valence electrons. The fraction of sp³-hybridized carbons (Fsp3) is 0.400. The number of esters is 2. The van der Waals surface area contributed by atoms with Gasteiger partial charge in [0.05, 0.1) is 29.7 Å². The first-order valence-electron chi connectivity index (χ1n) is 11.6. The lowest BCUT2D eigenvalue weighted by Crippen LogP contribution is -2.31. The highest BCUT2D eigenvalue weighted by molar-refractivity contribution is 7.17. The number of carbonyl (C=O) groups is 3. The van der Waals surface area contributed by atoms with Gasteiger partial charge in [-0.1, -0.05) is 25.1 Å². The molecule has 35 heavy (non-hydrogen) atoms. The molecule has 0 saturated heterocycles. The van der Waals surface area contributed by atoms with Crippen molar-refractivity contribution in [1.82, 2.24) is 10.2 Å². The Balaban J connectivity index is 1.47. The Bertz CT molecular complexity index is 1340. The molecule has 4 rings (SSSR count). The average Bonchev–Trinajstić information content (AvgIpc) is 3.18. The van der Waals surface area contributed by atoms with Crippen LogP contribution in [0.2, 0.25) is 0 Å². The highest BCUT2D eigenvalue weighted by Gasteiger charge is 2.30. The summed E-state index contributed by atoms with van der Waals surface area (Å²) in [4.78, 5) is 51.1. The molecule has 1 amide bonds. The number of carbonyl (C=O) groups excluding carboxylic acids is 3. The predicted molar refractivity (Wildman–Crippen MR) is 132 cm³/mol. The van der Waals surface area contributed by atoms with E-state index in [1.165, 1.54) is 18.3 Å². The monoisotopic (exact) mass is 497 g/mol. The molecular weight excluding hydrogens is 470 g/mol. The summed E-state index contributed by atoms with van der Waals surface area (Å²) in [6, 6.07) is 6.81. The molecule has 1 aliphatic rings. The van der Waals surface area contributed by atoms with Crippen molar-refractivity contribution in [2.45, 2.75) is 52.6 Å². The average molecular weight is 498 g/mol. The Kier molecular flexibility index (Phi) is 7.30. The van der Waals surface area contributed by atoms with Gasteiger partial charge in [0.1, 0.15) is 5.00 Å². The zero-order valence-corrected chi connectivity index (χ0v) is 20.6. The van der Waals surface area contributed by atoms with Crippen LogP contribution in [0, 0.1) is 5.92 Å². The number of nitrogens with zero attached hydrogens (tertiary/aromatic N) is 1. The second-order valence-corrected chi connectivity index (χ2v) is 9.72. The van der Waals surface area contributed by atoms with Gasteiger partial charge in [-0.25, -0.2) is 9.89 Å². The Labute approximate surface area is 205 Å². The van der Waals surface area contributed by atoms with Gasteiger partial charge in [-0.15, -0.1) is 11.3 Å². The van der Waals surface area contributed by atoms with Crippen molar-refractivity contribution in [3.05, 3.63) is 56.3 Å². The molecule has 2 aromatic heterocycles. The summed E-state index contributed by atoms with van der Waals surface area (Å²) in [5.41, 5.74) is 1.33. The summed E-state index contributed by atoms with van der Waals surface area (Å²) in [5.74, 6) is -1.18. The van der Waals surface area contributed by atoms with Crippen LogP contribution >= 0.6 is 11.3 Å². The number of aromatic nitrogens is 2. The van der Waals surface area contributed by atoms with Gasteiger partial charge in [-0.2, -0.15) is 5.10 Å². The number of aromatic amines is 1. The summed E-state index contributed by atoms with van der Waals surface area (Å²) < 4.78 is 10.6. The lowest BCUT2D eigenvalue weighted by atomic mass is 9.88. The zero-order chi connectivity index (χ0) is 25.1. The van der Waals surface area contributed by atoms with Gasteiger partial charge in [-0.05, 0) is 50.7 Å². The Hall–Kier alpha value is -3.53. The number of amides is 1. The normalized spacial score (nSPS) is 15.8. The Morgan fingerprint density at radius 1 is 1.26 bits per heavy atom. The SMILES string of the molecule is CCOC(=O)c1c(NC(=O)C(C)OC(=O)Cc2n[nH]c(=O)c3ccccc23)sc2c1CCC(C)C2. The van der Waals surface area contributed by atoms with Crippen LogP contribution < -0.4 is 10.9 Å². The number of ether oxygens (including phenoxy) is 2. The number of H-pyrrole nitrogens is 1. The number of nitrogens with one attached hydrogen (secondary N) is 2. The van der Waals surface area contributed by atoms with E-state index in [2.05, 4.69) is 22.4 Å². The smallest absolute Gasteiger partial charge is 0.341 e. The molecule has 2 atom stereocenters. The number of rotatable bonds is 7. The van der Waals surface area contributed by atoms with Crippen molar-refractivity contribution in [1.29, 1.82) is 0 Å². The van der Waals surface area contributed by atoms with E-state index in [-0.39, 0.29) is 18.6 Å². The van der Waals surface area contributed by atoms with Gasteiger partial charge >= 0.3 is 11.9 Å². The quantitative estimate of drug-likeness (QED) is 0.479. The summed E-state index contributed by atoms with van der Waals surface area (Å²) in [5, 5.41) is 10.5. The fourth-order valence-electron chi connectivity index (χ4n) is 4.21. The molecule has 1 aliphatic carbocycles. The van der Waals surface area contributed by atoms with E-state index in [4.69, 9.17) is 9.47 Å². The van der Waals surface area contributed by atoms with Crippen molar-refractivity contribution in [2.75, 3.05) is 11.9 Å². The molecule has 0 aliphatic heterocycles. The van der Waals surface area contributed by atoms with Gasteiger partial charge < -0.3 is 14.8 Å². The van der Waals surface area contributed by atoms with Crippen LogP contribution in [-0.4, -0.2) is 40.8 Å². The maximum Gasteiger partial charge on any atom is 0.341 e. The summed E-state index contributed by atoms with van der Waals surface area (Å²) in [6.07, 6.45) is 1.23. The highest BCUT2D eigenvalue weighted by Crippen LogP contribution is 2.40. The van der Waals surface area contributed by atoms with E-state index in [9.17, 15) is 19.2 Å². The van der Waals surface area contributed by atoms with Gasteiger partial charge in [0.15, 0.2) is 6.10 Å². The molecule has 3 aromatic rings. The van der Waals surface area contributed by atoms with Crippen LogP contribution in [-0.2, 0) is 38.3 Å². The molecule has 2 N–H and O–H groups in total. The number of hydrogen-bond acceptors (Lipinski definition) is 8. The minimum absolute atomic E-state index is 0.214. The predicted octanol–water partition coefficient (Wildman–Crippen LogP) is 3.40. The van der Waals surface area contributed by atoms with E-state index >= 15 is 0 Å². The third kappa shape index (κ3) is 5.27. The topological polar surface area (TPSA) is 127 Å². The molecule has 9 nitrogen and oxygen atoms in total. The molecule has 0 saturated carbocycles. The molecule has 0 spiro atoms. The summed E-state index contributed by atoms with van der Waals surface area (Å²) in [7, 11) is 0. The first-order chi connectivity index (χ1) is 16.8. The van der Waals surface area contributed by atoms with Crippen molar-refractivity contribution in [2.24, 2.45) is 5.92 Å². The number of hydrogen-bond donors (Lipinski definition) is 2. The van der Waals surface area contributed by atoms with E-state index in [1.54, 1.807) is 31.2 Å². The minimum Gasteiger partial charge on any atom is -0.462 e. The molecule has 0 bridgehead atoms. The van der Waals surface area contributed by atoms with Crippen molar-refractivity contribution in [3.63, 3.8) is 0 Å². The third-order valence-electron chi connectivity index (χ3n) is 5.99. The maximum absolute atomic E-state index is 12.9. The van der Waals surface area contributed by atoms with Crippen molar-refractivity contribution >= 4 is 45.0 Å². The van der Waals surface area contributed by atoms with Crippen LogP contribution in [0.1, 0.15) is 53.7 Å². The largest absolute Gasteiger partial charge is 0.462 e. The van der Waals surface area contributed by atoms with E-state index in [0.29, 0.717) is 32.9 Å². The maximum atomic E-state index is 12.9. The van der Waals surface area contributed by atoms with Crippen molar-refractivity contribution in [3.8, 4) is 0 Å². The molecule has 2 heterocycles. The molecule has 1 aromatic carbocycles. The first-order valence-corrected chi connectivity index (χ1v) is 12.4. The van der Waals surface area contributed by atoms with Crippen LogP contribution in [0.4, 0.5) is 5.00 Å². The molecule has 10 heteroatoms. The molecule has 2 unspecified atom stereocenters. The zero-order valence-electron chi connectivity index (χ0n) is 19.8. The second kappa shape index (κ2) is 10.4. The number of benzene rings is 1. The van der Waals surface area contributed by atoms with Crippen LogP contribution in [0.5, 0.6) is 0 Å². The first kappa shape index (κ1) is 24.6. The molecular formula is C25H27N3O6S. The fourth-order valence-corrected chi connectivity index (χ4v) is 5.61. The summed E-state index contributed by atoms with van der Waals surface area (Å²) >= 11 is 1.37. The molecule has 0 fully saturated rings. The van der Waals surface area contributed by atoms with E-state index in [1.807, 2.05) is 0 Å². The van der Waals surface area contributed by atoms with Gasteiger partial charge in [0, 0.05) is 10.3 Å². The summed E-state index contributed by atoms with van der Waals surface area (Å²) in [6.45, 7) is 5.59. The van der Waals surface area contributed by atoms with Crippen LogP contribution in [0.25, 0.3) is 10.8 Å². The van der Waals surface area contributed by atoms with Crippen LogP contribution in [0.3, 0.4) is 0 Å². The number of thiophene rings is 1. The number of fused-ring (bicyclic) bond motifs is 2. The van der Waals surface area contributed by atoms with E-state index < -0.39 is 23.9 Å². The Morgan fingerprint density at radius 3 is 2.74 bits per heavy atom. The third-order valence-corrected chi connectivity index (χ3v) is 7.16. The van der Waals surface area contributed by atoms with Gasteiger partial charge in [-0.3, -0.25) is 14.4 Å². The second-order valence-electron chi connectivity index (χ2n) is 8.62. The molecule has 0 radical (unpaired) electrons. The highest BCUT2D eigenvalue weighted by atomic mass is 32.1. The standard InChI is InChI=1S/C25H27N3O6S/c1-4-33-25(32)21-17-10-9-13(2)11-19(17)35-24(21)26-22(30)14(3)34-20(29)12-18-15-7-5-6-8-16(15)23(31)28-27-18/h5-8,13-14H,4,9-12H2,1-3H3,(H,26,30)(H,28,31). The van der Waals surface area contributed by atoms with Gasteiger partial charge in [0.25, 0.3) is 11.5 Å².